The molecule has 0 aliphatic rings. The van der Waals surface area contributed by atoms with Crippen LogP contribution in [0.15, 0.2) is 0 Å². The molecule has 1 aromatic rings. The van der Waals surface area contributed by atoms with Crippen molar-refractivity contribution in [2.24, 2.45) is 5.73 Å². The Balaban J connectivity index is 2.84. The number of aromatic nitrogens is 2. The zero-order valence-corrected chi connectivity index (χ0v) is 10.0. The lowest BCUT2D eigenvalue weighted by Crippen LogP contribution is -2.17. The van der Waals surface area contributed by atoms with Crippen LogP contribution in [0.4, 0.5) is 0 Å². The molecule has 15 heavy (non-hydrogen) atoms. The number of likely N-dealkylation sites (N-methyl/N-ethyl adjacent to an activating group) is 1. The molecule has 4 nitrogen and oxygen atoms in total. The molecule has 1 heterocycles. The van der Waals surface area contributed by atoms with Crippen LogP contribution in [0, 0.1) is 13.8 Å². The van der Waals surface area contributed by atoms with Crippen molar-refractivity contribution >= 4 is 0 Å². The van der Waals surface area contributed by atoms with Gasteiger partial charge < -0.3 is 10.6 Å². The van der Waals surface area contributed by atoms with Crippen molar-refractivity contribution in [3.05, 3.63) is 22.8 Å². The largest absolute Gasteiger partial charge is 0.326 e. The quantitative estimate of drug-likeness (QED) is 0.789. The van der Waals surface area contributed by atoms with Crippen molar-refractivity contribution in [2.45, 2.75) is 26.8 Å². The molecule has 0 aliphatic carbocycles. The molecule has 0 unspecified atom stereocenters. The molecule has 0 amide bonds. The fourth-order valence-electron chi connectivity index (χ4n) is 1.54. The van der Waals surface area contributed by atoms with E-state index >= 15 is 0 Å². The van der Waals surface area contributed by atoms with E-state index in [2.05, 4.69) is 14.9 Å². The van der Waals surface area contributed by atoms with Crippen molar-refractivity contribution in [1.82, 2.24) is 14.9 Å². The summed E-state index contributed by atoms with van der Waals surface area (Å²) in [6.45, 7) is 5.48. The van der Waals surface area contributed by atoms with Crippen LogP contribution in [0.2, 0.25) is 0 Å². The average molecular weight is 208 g/mol. The molecule has 84 valence electrons. The predicted octanol–water partition coefficient (Wildman–Crippen LogP) is 0.656. The highest BCUT2D eigenvalue weighted by molar-refractivity contribution is 5.23. The second kappa shape index (κ2) is 5.19. The van der Waals surface area contributed by atoms with Crippen molar-refractivity contribution in [3.8, 4) is 0 Å². The molecule has 0 radical (unpaired) electrons. The van der Waals surface area contributed by atoms with Crippen LogP contribution in [-0.4, -0.2) is 35.5 Å². The van der Waals surface area contributed by atoms with Gasteiger partial charge in [-0.25, -0.2) is 9.97 Å². The van der Waals surface area contributed by atoms with Gasteiger partial charge in [0.1, 0.15) is 5.82 Å². The highest BCUT2D eigenvalue weighted by Crippen LogP contribution is 2.09. The molecule has 0 spiro atoms. The zero-order chi connectivity index (χ0) is 11.4. The first-order valence-electron chi connectivity index (χ1n) is 5.22. The predicted molar refractivity (Wildman–Crippen MR) is 61.7 cm³/mol. The smallest absolute Gasteiger partial charge is 0.130 e. The Morgan fingerprint density at radius 2 is 1.67 bits per heavy atom. The van der Waals surface area contributed by atoms with Crippen molar-refractivity contribution in [3.63, 3.8) is 0 Å². The van der Waals surface area contributed by atoms with Gasteiger partial charge in [-0.15, -0.1) is 0 Å². The van der Waals surface area contributed by atoms with Crippen LogP contribution in [-0.2, 0) is 13.0 Å². The van der Waals surface area contributed by atoms with Crippen LogP contribution >= 0.6 is 0 Å². The molecule has 0 saturated carbocycles. The van der Waals surface area contributed by atoms with Crippen molar-refractivity contribution in [1.29, 1.82) is 0 Å². The maximum Gasteiger partial charge on any atom is 0.130 e. The van der Waals surface area contributed by atoms with Crippen LogP contribution in [0.1, 0.15) is 22.8 Å². The van der Waals surface area contributed by atoms with E-state index in [9.17, 15) is 0 Å². The minimum Gasteiger partial charge on any atom is -0.326 e. The van der Waals surface area contributed by atoms with E-state index in [0.29, 0.717) is 6.54 Å². The molecular weight excluding hydrogens is 188 g/mol. The first-order valence-corrected chi connectivity index (χ1v) is 5.22. The molecule has 0 aromatic carbocycles. The van der Waals surface area contributed by atoms with E-state index in [1.54, 1.807) is 0 Å². The molecule has 2 N–H and O–H groups in total. The molecule has 1 aromatic heterocycles. The standard InChI is InChI=1S/C11H20N4/c1-8-10(7-12)9(2)14-11(13-8)5-6-15(3)4/h5-7,12H2,1-4H3. The summed E-state index contributed by atoms with van der Waals surface area (Å²) in [5.41, 5.74) is 8.73. The normalized spacial score (nSPS) is 11.1. The van der Waals surface area contributed by atoms with Gasteiger partial charge in [0.2, 0.25) is 0 Å². The lowest BCUT2D eigenvalue weighted by Gasteiger charge is -2.11. The fraction of sp³-hybridized carbons (Fsp3) is 0.636. The maximum atomic E-state index is 5.64. The molecule has 4 heteroatoms. The molecule has 0 saturated heterocycles. The Labute approximate surface area is 91.5 Å². The van der Waals surface area contributed by atoms with E-state index in [1.807, 2.05) is 27.9 Å². The second-order valence-corrected chi connectivity index (χ2v) is 4.05. The van der Waals surface area contributed by atoms with Crippen LogP contribution < -0.4 is 5.73 Å². The fourth-order valence-corrected chi connectivity index (χ4v) is 1.54. The molecular formula is C11H20N4. The summed E-state index contributed by atoms with van der Waals surface area (Å²) < 4.78 is 0. The third kappa shape index (κ3) is 3.25. The minimum absolute atomic E-state index is 0.519. The van der Waals surface area contributed by atoms with Crippen LogP contribution in [0.5, 0.6) is 0 Å². The third-order valence-corrected chi connectivity index (χ3v) is 2.45. The first-order chi connectivity index (χ1) is 7.04. The van der Waals surface area contributed by atoms with Gasteiger partial charge in [0, 0.05) is 36.5 Å². The monoisotopic (exact) mass is 208 g/mol. The van der Waals surface area contributed by atoms with Gasteiger partial charge >= 0.3 is 0 Å². The Morgan fingerprint density at radius 3 is 2.07 bits per heavy atom. The summed E-state index contributed by atoms with van der Waals surface area (Å²) in [5, 5.41) is 0. The number of nitrogens with two attached hydrogens (primary N) is 1. The third-order valence-electron chi connectivity index (χ3n) is 2.45. The molecule has 0 bridgehead atoms. The van der Waals surface area contributed by atoms with E-state index in [1.165, 1.54) is 0 Å². The van der Waals surface area contributed by atoms with Crippen LogP contribution in [0.25, 0.3) is 0 Å². The Kier molecular flexibility index (Phi) is 4.17. The number of nitrogens with zero attached hydrogens (tertiary/aromatic N) is 3. The van der Waals surface area contributed by atoms with Gasteiger partial charge in [-0.05, 0) is 27.9 Å². The number of rotatable bonds is 4. The average Bonchev–Trinajstić information content (AvgIpc) is 2.14. The van der Waals surface area contributed by atoms with Gasteiger partial charge in [0.25, 0.3) is 0 Å². The van der Waals surface area contributed by atoms with Crippen molar-refractivity contribution < 1.29 is 0 Å². The Hall–Kier alpha value is -1.00. The molecule has 0 aliphatic heterocycles. The first kappa shape index (κ1) is 12.1. The summed E-state index contributed by atoms with van der Waals surface area (Å²) in [4.78, 5) is 11.0. The highest BCUT2D eigenvalue weighted by Gasteiger charge is 2.06. The topological polar surface area (TPSA) is 55.0 Å². The SMILES string of the molecule is Cc1nc(CCN(C)C)nc(C)c1CN. The van der Waals surface area contributed by atoms with Gasteiger partial charge in [-0.1, -0.05) is 0 Å². The number of aryl methyl sites for hydroxylation is 2. The second-order valence-electron chi connectivity index (χ2n) is 4.05. The Bertz CT molecular complexity index is 310. The van der Waals surface area contributed by atoms with Gasteiger partial charge in [0.05, 0.1) is 0 Å². The lowest BCUT2D eigenvalue weighted by atomic mass is 10.1. The summed E-state index contributed by atoms with van der Waals surface area (Å²) in [7, 11) is 4.10. The highest BCUT2D eigenvalue weighted by atomic mass is 15.1. The lowest BCUT2D eigenvalue weighted by molar-refractivity contribution is 0.409. The number of hydrogen-bond donors (Lipinski definition) is 1. The summed E-state index contributed by atoms with van der Waals surface area (Å²) in [6.07, 6.45) is 0.888. The van der Waals surface area contributed by atoms with Gasteiger partial charge in [-0.2, -0.15) is 0 Å². The van der Waals surface area contributed by atoms with E-state index in [-0.39, 0.29) is 0 Å². The van der Waals surface area contributed by atoms with E-state index in [4.69, 9.17) is 5.73 Å². The van der Waals surface area contributed by atoms with E-state index < -0.39 is 0 Å². The summed E-state index contributed by atoms with van der Waals surface area (Å²) in [5.74, 6) is 0.913. The molecule has 1 rings (SSSR count). The van der Waals surface area contributed by atoms with Crippen molar-refractivity contribution in [2.75, 3.05) is 20.6 Å². The molecule has 0 atom stereocenters. The van der Waals surface area contributed by atoms with Crippen LogP contribution in [0.3, 0.4) is 0 Å². The maximum absolute atomic E-state index is 5.64. The van der Waals surface area contributed by atoms with Gasteiger partial charge in [0.15, 0.2) is 0 Å². The summed E-state index contributed by atoms with van der Waals surface area (Å²) >= 11 is 0. The summed E-state index contributed by atoms with van der Waals surface area (Å²) in [6, 6.07) is 0. The van der Waals surface area contributed by atoms with E-state index in [0.717, 1.165) is 35.7 Å². The molecule has 0 fully saturated rings. The van der Waals surface area contributed by atoms with Gasteiger partial charge in [-0.3, -0.25) is 0 Å². The zero-order valence-electron chi connectivity index (χ0n) is 10.0. The Morgan fingerprint density at radius 1 is 1.13 bits per heavy atom. The minimum atomic E-state index is 0.519. The number of hydrogen-bond acceptors (Lipinski definition) is 4.